The zero-order valence-electron chi connectivity index (χ0n) is 18.8. The Labute approximate surface area is 191 Å². The standard InChI is InChI=1S/C20H33N5O8/c1-3-10(2)16(22)18(30)24-12(9-14(21)26)17(29)23-11(6-7-15(27)28)19(31)25-8-4-5-13(25)20(32)33/h10-13,16H,3-9,22H2,1-2H3,(H2,21,26)(H,23,29)(H,24,30)(H,27,28)(H,32,33). The third-order valence-electron chi connectivity index (χ3n) is 5.68. The minimum absolute atomic E-state index is 0.139. The van der Waals surface area contributed by atoms with Crippen molar-refractivity contribution in [2.75, 3.05) is 6.54 Å². The molecule has 1 aliphatic heterocycles. The highest BCUT2D eigenvalue weighted by molar-refractivity contribution is 5.96. The van der Waals surface area contributed by atoms with E-state index in [1.54, 1.807) is 6.92 Å². The van der Waals surface area contributed by atoms with Crippen LogP contribution in [0.25, 0.3) is 0 Å². The minimum Gasteiger partial charge on any atom is -0.481 e. The van der Waals surface area contributed by atoms with Crippen LogP contribution in [0.4, 0.5) is 0 Å². The van der Waals surface area contributed by atoms with E-state index in [1.165, 1.54) is 0 Å². The number of hydrogen-bond acceptors (Lipinski definition) is 7. The first-order valence-corrected chi connectivity index (χ1v) is 10.8. The number of amides is 4. The van der Waals surface area contributed by atoms with Crippen LogP contribution >= 0.6 is 0 Å². The molecule has 1 saturated heterocycles. The fourth-order valence-electron chi connectivity index (χ4n) is 3.48. The zero-order chi connectivity index (χ0) is 25.3. The number of primary amides is 1. The second-order valence-electron chi connectivity index (χ2n) is 8.16. The van der Waals surface area contributed by atoms with Gasteiger partial charge in [-0.2, -0.15) is 0 Å². The third-order valence-corrected chi connectivity index (χ3v) is 5.68. The van der Waals surface area contributed by atoms with Gasteiger partial charge in [0.15, 0.2) is 0 Å². The van der Waals surface area contributed by atoms with Crippen LogP contribution in [0.1, 0.15) is 52.4 Å². The van der Waals surface area contributed by atoms with Crippen molar-refractivity contribution in [2.24, 2.45) is 17.4 Å². The highest BCUT2D eigenvalue weighted by Crippen LogP contribution is 2.20. The van der Waals surface area contributed by atoms with Gasteiger partial charge in [0.05, 0.1) is 12.5 Å². The lowest BCUT2D eigenvalue weighted by Gasteiger charge is -2.29. The maximum atomic E-state index is 13.0. The van der Waals surface area contributed by atoms with Gasteiger partial charge in [-0.1, -0.05) is 20.3 Å². The molecular weight excluding hydrogens is 438 g/mol. The highest BCUT2D eigenvalue weighted by Gasteiger charge is 2.38. The van der Waals surface area contributed by atoms with Crippen LogP contribution in [0.15, 0.2) is 0 Å². The molecule has 1 aliphatic rings. The summed E-state index contributed by atoms with van der Waals surface area (Å²) in [5.41, 5.74) is 11.1. The van der Waals surface area contributed by atoms with Gasteiger partial charge in [0.25, 0.3) is 0 Å². The topological polar surface area (TPSA) is 222 Å². The summed E-state index contributed by atoms with van der Waals surface area (Å²) in [6, 6.07) is -4.86. The van der Waals surface area contributed by atoms with Gasteiger partial charge in [0, 0.05) is 13.0 Å². The largest absolute Gasteiger partial charge is 0.481 e. The molecule has 33 heavy (non-hydrogen) atoms. The molecule has 1 rings (SSSR count). The smallest absolute Gasteiger partial charge is 0.326 e. The average molecular weight is 472 g/mol. The van der Waals surface area contributed by atoms with E-state index in [1.807, 2.05) is 6.92 Å². The maximum absolute atomic E-state index is 13.0. The van der Waals surface area contributed by atoms with E-state index in [-0.39, 0.29) is 25.3 Å². The quantitative estimate of drug-likeness (QED) is 0.177. The summed E-state index contributed by atoms with van der Waals surface area (Å²) in [5.74, 6) is -5.92. The Hall–Kier alpha value is -3.22. The van der Waals surface area contributed by atoms with E-state index in [9.17, 15) is 33.9 Å². The fourth-order valence-corrected chi connectivity index (χ4v) is 3.48. The molecule has 0 aromatic carbocycles. The molecule has 186 valence electrons. The molecule has 8 N–H and O–H groups in total. The summed E-state index contributed by atoms with van der Waals surface area (Å²) < 4.78 is 0. The van der Waals surface area contributed by atoms with E-state index in [2.05, 4.69) is 10.6 Å². The predicted molar refractivity (Wildman–Crippen MR) is 114 cm³/mol. The Bertz CT molecular complexity index is 774. The van der Waals surface area contributed by atoms with Crippen molar-refractivity contribution < 1.29 is 39.0 Å². The van der Waals surface area contributed by atoms with Crippen LogP contribution < -0.4 is 22.1 Å². The van der Waals surface area contributed by atoms with Gasteiger partial charge in [-0.3, -0.25) is 24.0 Å². The monoisotopic (exact) mass is 471 g/mol. The molecule has 5 unspecified atom stereocenters. The van der Waals surface area contributed by atoms with Gasteiger partial charge >= 0.3 is 11.9 Å². The third kappa shape index (κ3) is 8.33. The summed E-state index contributed by atoms with van der Waals surface area (Å²) in [6.45, 7) is 3.70. The summed E-state index contributed by atoms with van der Waals surface area (Å²) in [5, 5.41) is 23.0. The molecule has 1 fully saturated rings. The minimum atomic E-state index is -1.45. The number of carbonyl (C=O) groups is 6. The van der Waals surface area contributed by atoms with Crippen LogP contribution in [0.2, 0.25) is 0 Å². The van der Waals surface area contributed by atoms with E-state index in [0.29, 0.717) is 12.8 Å². The first kappa shape index (κ1) is 27.8. The SMILES string of the molecule is CCC(C)C(N)C(=O)NC(CC(N)=O)C(=O)NC(CCC(=O)O)C(=O)N1CCCC1C(=O)O. The molecule has 0 bridgehead atoms. The first-order chi connectivity index (χ1) is 15.4. The number of carboxylic acids is 2. The van der Waals surface area contributed by atoms with Crippen molar-refractivity contribution in [1.82, 2.24) is 15.5 Å². The molecule has 0 aromatic heterocycles. The molecule has 13 nitrogen and oxygen atoms in total. The summed E-state index contributed by atoms with van der Waals surface area (Å²) in [4.78, 5) is 73.2. The number of aliphatic carboxylic acids is 2. The highest BCUT2D eigenvalue weighted by atomic mass is 16.4. The number of hydrogen-bond donors (Lipinski definition) is 6. The molecule has 0 spiro atoms. The van der Waals surface area contributed by atoms with Crippen LogP contribution in [0.5, 0.6) is 0 Å². The Morgan fingerprint density at radius 2 is 1.67 bits per heavy atom. The van der Waals surface area contributed by atoms with Crippen molar-refractivity contribution in [1.29, 1.82) is 0 Å². The Morgan fingerprint density at radius 1 is 1.06 bits per heavy atom. The molecular formula is C20H33N5O8. The van der Waals surface area contributed by atoms with Gasteiger partial charge in [-0.05, 0) is 25.2 Å². The molecule has 13 heteroatoms. The number of nitrogens with zero attached hydrogens (tertiary/aromatic N) is 1. The lowest BCUT2D eigenvalue weighted by atomic mass is 9.99. The maximum Gasteiger partial charge on any atom is 0.326 e. The number of carboxylic acid groups (broad SMARTS) is 2. The predicted octanol–water partition coefficient (Wildman–Crippen LogP) is -1.85. The van der Waals surface area contributed by atoms with Gasteiger partial charge in [0.1, 0.15) is 18.1 Å². The fraction of sp³-hybridized carbons (Fsp3) is 0.700. The molecule has 0 aromatic rings. The number of nitrogens with two attached hydrogens (primary N) is 2. The second kappa shape index (κ2) is 12.7. The number of nitrogens with one attached hydrogen (secondary N) is 2. The van der Waals surface area contributed by atoms with Crippen LogP contribution in [0.3, 0.4) is 0 Å². The molecule has 4 amide bonds. The normalized spacial score (nSPS) is 19.1. The summed E-state index contributed by atoms with van der Waals surface area (Å²) in [7, 11) is 0. The molecule has 0 saturated carbocycles. The van der Waals surface area contributed by atoms with E-state index in [4.69, 9.17) is 16.6 Å². The van der Waals surface area contributed by atoms with E-state index >= 15 is 0 Å². The number of rotatable bonds is 13. The van der Waals surface area contributed by atoms with E-state index < -0.39 is 72.6 Å². The van der Waals surface area contributed by atoms with Crippen molar-refractivity contribution in [3.63, 3.8) is 0 Å². The van der Waals surface area contributed by atoms with Gasteiger partial charge in [-0.15, -0.1) is 0 Å². The molecule has 0 radical (unpaired) electrons. The van der Waals surface area contributed by atoms with E-state index in [0.717, 1.165) is 4.90 Å². The zero-order valence-corrected chi connectivity index (χ0v) is 18.8. The Balaban J connectivity index is 3.05. The van der Waals surface area contributed by atoms with Crippen molar-refractivity contribution in [3.8, 4) is 0 Å². The van der Waals surface area contributed by atoms with Gasteiger partial charge in [-0.25, -0.2) is 4.79 Å². The van der Waals surface area contributed by atoms with Crippen molar-refractivity contribution in [3.05, 3.63) is 0 Å². The molecule has 1 heterocycles. The van der Waals surface area contributed by atoms with Crippen molar-refractivity contribution in [2.45, 2.75) is 76.5 Å². The van der Waals surface area contributed by atoms with Gasteiger partial charge in [0.2, 0.25) is 23.6 Å². The number of carbonyl (C=O) groups excluding carboxylic acids is 4. The summed E-state index contributed by atoms with van der Waals surface area (Å²) >= 11 is 0. The van der Waals surface area contributed by atoms with Crippen molar-refractivity contribution >= 4 is 35.6 Å². The van der Waals surface area contributed by atoms with Crippen LogP contribution in [-0.2, 0) is 28.8 Å². The molecule has 5 atom stereocenters. The van der Waals surface area contributed by atoms with Crippen LogP contribution in [0, 0.1) is 5.92 Å². The summed E-state index contributed by atoms with van der Waals surface area (Å²) in [6.07, 6.45) is -0.106. The average Bonchev–Trinajstić information content (AvgIpc) is 3.24. The first-order valence-electron chi connectivity index (χ1n) is 10.8. The van der Waals surface area contributed by atoms with Crippen LogP contribution in [-0.4, -0.2) is 81.4 Å². The van der Waals surface area contributed by atoms with Gasteiger partial charge < -0.3 is 37.2 Å². The lowest BCUT2D eigenvalue weighted by molar-refractivity contribution is -0.150. The molecule has 0 aliphatic carbocycles. The second-order valence-corrected chi connectivity index (χ2v) is 8.16. The lowest BCUT2D eigenvalue weighted by Crippen LogP contribution is -2.58. The Morgan fingerprint density at radius 3 is 2.18 bits per heavy atom. The number of likely N-dealkylation sites (tertiary alicyclic amines) is 1. The Kier molecular flexibility index (Phi) is 10.7.